The third kappa shape index (κ3) is 4.16. The van der Waals surface area contributed by atoms with Crippen molar-refractivity contribution in [3.63, 3.8) is 0 Å². The number of aromatic nitrogens is 2. The molecule has 132 valence electrons. The van der Waals surface area contributed by atoms with Gasteiger partial charge in [-0.15, -0.1) is 0 Å². The molecule has 1 aromatic carbocycles. The van der Waals surface area contributed by atoms with Crippen LogP contribution in [0, 0.1) is 6.92 Å². The zero-order chi connectivity index (χ0) is 18.4. The molecule has 0 aliphatic carbocycles. The lowest BCUT2D eigenvalue weighted by Crippen LogP contribution is -2.23. The quantitative estimate of drug-likeness (QED) is 0.737. The molecule has 6 heteroatoms. The van der Waals surface area contributed by atoms with E-state index in [1.165, 1.54) is 0 Å². The van der Waals surface area contributed by atoms with E-state index in [1.807, 2.05) is 31.2 Å². The van der Waals surface area contributed by atoms with Crippen molar-refractivity contribution in [1.82, 2.24) is 15.3 Å². The number of hydrogen-bond acceptors (Lipinski definition) is 5. The summed E-state index contributed by atoms with van der Waals surface area (Å²) in [5.41, 5.74) is 2.12. The van der Waals surface area contributed by atoms with Gasteiger partial charge in [-0.1, -0.05) is 18.2 Å². The summed E-state index contributed by atoms with van der Waals surface area (Å²) in [6.07, 6.45) is 3.19. The van der Waals surface area contributed by atoms with Crippen molar-refractivity contribution in [2.45, 2.75) is 13.5 Å². The van der Waals surface area contributed by atoms with Gasteiger partial charge in [0.05, 0.1) is 12.7 Å². The second-order valence-corrected chi connectivity index (χ2v) is 5.59. The molecule has 2 aromatic heterocycles. The number of para-hydroxylation sites is 2. The summed E-state index contributed by atoms with van der Waals surface area (Å²) >= 11 is 0. The van der Waals surface area contributed by atoms with Crippen LogP contribution in [0.2, 0.25) is 0 Å². The van der Waals surface area contributed by atoms with Gasteiger partial charge in [-0.3, -0.25) is 9.78 Å². The Hall–Kier alpha value is -3.41. The van der Waals surface area contributed by atoms with Crippen LogP contribution in [0.3, 0.4) is 0 Å². The number of hydrogen-bond donors (Lipinski definition) is 1. The fraction of sp³-hybridized carbons (Fsp3) is 0.150. The van der Waals surface area contributed by atoms with Gasteiger partial charge in [-0.05, 0) is 37.3 Å². The number of rotatable bonds is 6. The molecule has 26 heavy (non-hydrogen) atoms. The summed E-state index contributed by atoms with van der Waals surface area (Å²) in [4.78, 5) is 20.7. The lowest BCUT2D eigenvalue weighted by molar-refractivity contribution is 0.0950. The molecule has 0 fully saturated rings. The number of carbonyl (C=O) groups is 1. The summed E-state index contributed by atoms with van der Waals surface area (Å²) < 4.78 is 11.2. The Balaban J connectivity index is 1.73. The molecule has 0 aliphatic rings. The number of nitrogens with zero attached hydrogens (tertiary/aromatic N) is 2. The second-order valence-electron chi connectivity index (χ2n) is 5.59. The van der Waals surface area contributed by atoms with Crippen LogP contribution in [0.25, 0.3) is 0 Å². The predicted molar refractivity (Wildman–Crippen MR) is 97.4 cm³/mol. The second kappa shape index (κ2) is 8.11. The maximum atomic E-state index is 12.3. The third-order valence-electron chi connectivity index (χ3n) is 3.74. The molecular weight excluding hydrogens is 330 g/mol. The molecule has 0 radical (unpaired) electrons. The van der Waals surface area contributed by atoms with Crippen molar-refractivity contribution in [3.05, 3.63) is 77.7 Å². The summed E-state index contributed by atoms with van der Waals surface area (Å²) in [7, 11) is 1.58. The lowest BCUT2D eigenvalue weighted by Gasteiger charge is -2.13. The van der Waals surface area contributed by atoms with E-state index >= 15 is 0 Å². The van der Waals surface area contributed by atoms with Crippen molar-refractivity contribution < 1.29 is 14.3 Å². The van der Waals surface area contributed by atoms with Crippen molar-refractivity contribution in [2.24, 2.45) is 0 Å². The van der Waals surface area contributed by atoms with Crippen molar-refractivity contribution >= 4 is 5.91 Å². The van der Waals surface area contributed by atoms with E-state index in [2.05, 4.69) is 15.3 Å². The van der Waals surface area contributed by atoms with Gasteiger partial charge < -0.3 is 14.8 Å². The highest BCUT2D eigenvalue weighted by molar-refractivity contribution is 5.93. The van der Waals surface area contributed by atoms with Gasteiger partial charge in [0.1, 0.15) is 0 Å². The largest absolute Gasteiger partial charge is 0.493 e. The van der Waals surface area contributed by atoms with Crippen LogP contribution < -0.4 is 14.8 Å². The first-order valence-corrected chi connectivity index (χ1v) is 8.13. The molecule has 0 unspecified atom stereocenters. The summed E-state index contributed by atoms with van der Waals surface area (Å²) in [5, 5.41) is 2.86. The van der Waals surface area contributed by atoms with Crippen LogP contribution in [0.1, 0.15) is 21.6 Å². The Kier molecular flexibility index (Phi) is 5.43. The minimum atomic E-state index is -0.204. The van der Waals surface area contributed by atoms with Crippen molar-refractivity contribution in [2.75, 3.05) is 7.11 Å². The third-order valence-corrected chi connectivity index (χ3v) is 3.74. The highest BCUT2D eigenvalue weighted by Gasteiger charge is 2.11. The minimum absolute atomic E-state index is 0.204. The SMILES string of the molecule is COc1ccccc1Oc1ncccc1CNC(=O)c1ccc(C)nc1. The molecule has 1 N–H and O–H groups in total. The monoisotopic (exact) mass is 349 g/mol. The molecule has 0 bridgehead atoms. The minimum Gasteiger partial charge on any atom is -0.493 e. The van der Waals surface area contributed by atoms with Crippen LogP contribution in [0.5, 0.6) is 17.4 Å². The normalized spacial score (nSPS) is 10.2. The van der Waals surface area contributed by atoms with E-state index in [4.69, 9.17) is 9.47 Å². The van der Waals surface area contributed by atoms with Gasteiger partial charge in [0.2, 0.25) is 5.88 Å². The van der Waals surface area contributed by atoms with E-state index in [9.17, 15) is 4.79 Å². The first kappa shape index (κ1) is 17.4. The zero-order valence-corrected chi connectivity index (χ0v) is 14.6. The molecule has 3 aromatic rings. The Labute approximate surface area is 151 Å². The topological polar surface area (TPSA) is 73.3 Å². The highest BCUT2D eigenvalue weighted by atomic mass is 16.5. The number of ether oxygens (including phenoxy) is 2. The number of amides is 1. The number of aryl methyl sites for hydroxylation is 1. The Morgan fingerprint density at radius 3 is 2.58 bits per heavy atom. The molecule has 2 heterocycles. The Morgan fingerprint density at radius 2 is 1.85 bits per heavy atom. The number of methoxy groups -OCH3 is 1. The average molecular weight is 349 g/mol. The number of nitrogens with one attached hydrogen (secondary N) is 1. The van der Waals surface area contributed by atoms with E-state index in [1.54, 1.807) is 43.8 Å². The molecule has 0 atom stereocenters. The van der Waals surface area contributed by atoms with Gasteiger partial charge in [-0.25, -0.2) is 4.98 Å². The standard InChI is InChI=1S/C20H19N3O3/c1-14-9-10-15(12-22-14)19(24)23-13-16-6-5-11-21-20(16)26-18-8-4-3-7-17(18)25-2/h3-12H,13H2,1-2H3,(H,23,24). The average Bonchev–Trinajstić information content (AvgIpc) is 2.68. The first-order chi connectivity index (χ1) is 12.7. The maximum absolute atomic E-state index is 12.3. The Bertz CT molecular complexity index is 895. The highest BCUT2D eigenvalue weighted by Crippen LogP contribution is 2.31. The lowest BCUT2D eigenvalue weighted by atomic mass is 10.2. The Morgan fingerprint density at radius 1 is 1.04 bits per heavy atom. The fourth-order valence-electron chi connectivity index (χ4n) is 2.34. The molecule has 0 aliphatic heterocycles. The smallest absolute Gasteiger partial charge is 0.253 e. The number of benzene rings is 1. The molecule has 3 rings (SSSR count). The van der Waals surface area contributed by atoms with E-state index in [0.717, 1.165) is 11.3 Å². The molecule has 6 nitrogen and oxygen atoms in total. The van der Waals surface area contributed by atoms with Crippen molar-refractivity contribution in [3.8, 4) is 17.4 Å². The first-order valence-electron chi connectivity index (χ1n) is 8.13. The molecule has 0 saturated carbocycles. The molecule has 0 spiro atoms. The fourth-order valence-corrected chi connectivity index (χ4v) is 2.34. The predicted octanol–water partition coefficient (Wildman–Crippen LogP) is 3.52. The number of pyridine rings is 2. The summed E-state index contributed by atoms with van der Waals surface area (Å²) in [5.74, 6) is 1.38. The molecule has 0 saturated heterocycles. The summed E-state index contributed by atoms with van der Waals surface area (Å²) in [6.45, 7) is 2.16. The van der Waals surface area contributed by atoms with Crippen LogP contribution in [0.15, 0.2) is 60.9 Å². The van der Waals surface area contributed by atoms with Crippen LogP contribution >= 0.6 is 0 Å². The maximum Gasteiger partial charge on any atom is 0.253 e. The van der Waals surface area contributed by atoms with E-state index in [0.29, 0.717) is 22.9 Å². The summed E-state index contributed by atoms with van der Waals surface area (Å²) in [6, 6.07) is 14.5. The van der Waals surface area contributed by atoms with Crippen LogP contribution in [-0.2, 0) is 6.54 Å². The number of carbonyl (C=O) groups excluding carboxylic acids is 1. The van der Waals surface area contributed by atoms with Gasteiger partial charge >= 0.3 is 0 Å². The van der Waals surface area contributed by atoms with Gasteiger partial charge in [0.15, 0.2) is 11.5 Å². The van der Waals surface area contributed by atoms with Crippen molar-refractivity contribution in [1.29, 1.82) is 0 Å². The molecule has 1 amide bonds. The molecular formula is C20H19N3O3. The van der Waals surface area contributed by atoms with E-state index in [-0.39, 0.29) is 12.5 Å². The van der Waals surface area contributed by atoms with Gasteiger partial charge in [0, 0.05) is 30.2 Å². The van der Waals surface area contributed by atoms with E-state index < -0.39 is 0 Å². The van der Waals surface area contributed by atoms with Crippen LogP contribution in [-0.4, -0.2) is 23.0 Å². The van der Waals surface area contributed by atoms with Gasteiger partial charge in [-0.2, -0.15) is 0 Å². The zero-order valence-electron chi connectivity index (χ0n) is 14.6. The van der Waals surface area contributed by atoms with Gasteiger partial charge in [0.25, 0.3) is 5.91 Å². The van der Waals surface area contributed by atoms with Crippen LogP contribution in [0.4, 0.5) is 0 Å².